The average Bonchev–Trinajstić information content (AvgIpc) is 2.73. The lowest BCUT2D eigenvalue weighted by molar-refractivity contribution is 0.0987. The van der Waals surface area contributed by atoms with E-state index in [4.69, 9.17) is 4.74 Å². The Labute approximate surface area is 124 Å². The van der Waals surface area contributed by atoms with E-state index < -0.39 is 0 Å². The van der Waals surface area contributed by atoms with Crippen LogP contribution in [0, 0.1) is 13.8 Å². The van der Waals surface area contributed by atoms with Crippen molar-refractivity contribution in [2.45, 2.75) is 33.1 Å². The number of aryl methyl sites for hydroxylation is 3. The third kappa shape index (κ3) is 2.46. The zero-order valence-electron chi connectivity index (χ0n) is 12.8. The van der Waals surface area contributed by atoms with Crippen LogP contribution in [-0.2, 0) is 19.9 Å². The van der Waals surface area contributed by atoms with Gasteiger partial charge in [-0.2, -0.15) is 5.10 Å². The van der Waals surface area contributed by atoms with E-state index in [0.717, 1.165) is 41.1 Å². The molecule has 110 valence electrons. The SMILES string of the molecule is Cc1nn(C)c(C)c1CC(=O)c1cccc2c1OCCC2. The van der Waals surface area contributed by atoms with Crippen molar-refractivity contribution in [2.75, 3.05) is 6.61 Å². The van der Waals surface area contributed by atoms with E-state index >= 15 is 0 Å². The molecule has 21 heavy (non-hydrogen) atoms. The van der Waals surface area contributed by atoms with Gasteiger partial charge in [-0.25, -0.2) is 0 Å². The quantitative estimate of drug-likeness (QED) is 0.814. The molecular formula is C17H20N2O2. The van der Waals surface area contributed by atoms with E-state index in [1.54, 1.807) is 0 Å². The summed E-state index contributed by atoms with van der Waals surface area (Å²) in [7, 11) is 1.91. The number of hydrogen-bond acceptors (Lipinski definition) is 3. The predicted octanol–water partition coefficient (Wildman–Crippen LogP) is 2.79. The maximum Gasteiger partial charge on any atom is 0.171 e. The minimum absolute atomic E-state index is 0.105. The molecule has 0 amide bonds. The van der Waals surface area contributed by atoms with Crippen molar-refractivity contribution in [3.63, 3.8) is 0 Å². The van der Waals surface area contributed by atoms with Crippen molar-refractivity contribution >= 4 is 5.78 Å². The van der Waals surface area contributed by atoms with Crippen LogP contribution in [0.25, 0.3) is 0 Å². The lowest BCUT2D eigenvalue weighted by Gasteiger charge is -2.19. The molecule has 0 atom stereocenters. The third-order valence-corrected chi connectivity index (χ3v) is 4.23. The normalized spacial score (nSPS) is 13.7. The molecule has 1 aromatic heterocycles. The second-order valence-corrected chi connectivity index (χ2v) is 5.62. The number of nitrogens with zero attached hydrogens (tertiary/aromatic N) is 2. The molecule has 0 N–H and O–H groups in total. The number of para-hydroxylation sites is 1. The molecule has 0 unspecified atom stereocenters. The topological polar surface area (TPSA) is 44.1 Å². The summed E-state index contributed by atoms with van der Waals surface area (Å²) in [6.45, 7) is 4.65. The monoisotopic (exact) mass is 284 g/mol. The fourth-order valence-electron chi connectivity index (χ4n) is 2.94. The molecule has 1 aliphatic rings. The van der Waals surface area contributed by atoms with Gasteiger partial charge in [-0.3, -0.25) is 9.48 Å². The lowest BCUT2D eigenvalue weighted by atomic mass is 9.96. The van der Waals surface area contributed by atoms with Crippen LogP contribution in [-0.4, -0.2) is 22.2 Å². The van der Waals surface area contributed by atoms with Gasteiger partial charge >= 0.3 is 0 Å². The molecule has 1 aromatic carbocycles. The highest BCUT2D eigenvalue weighted by molar-refractivity contribution is 6.00. The van der Waals surface area contributed by atoms with E-state index in [1.165, 1.54) is 0 Å². The molecule has 3 rings (SSSR count). The van der Waals surface area contributed by atoms with Gasteiger partial charge in [-0.1, -0.05) is 12.1 Å². The Bertz CT molecular complexity index is 701. The Morgan fingerprint density at radius 3 is 2.90 bits per heavy atom. The number of ether oxygens (including phenoxy) is 1. The number of hydrogen-bond donors (Lipinski definition) is 0. The first-order chi connectivity index (χ1) is 10.1. The number of aromatic nitrogens is 2. The molecule has 2 aromatic rings. The van der Waals surface area contributed by atoms with Crippen LogP contribution in [0.5, 0.6) is 5.75 Å². The van der Waals surface area contributed by atoms with Gasteiger partial charge in [-0.15, -0.1) is 0 Å². The summed E-state index contributed by atoms with van der Waals surface area (Å²) in [6.07, 6.45) is 2.39. The van der Waals surface area contributed by atoms with Crippen molar-refractivity contribution < 1.29 is 9.53 Å². The molecule has 0 saturated carbocycles. The Morgan fingerprint density at radius 2 is 2.19 bits per heavy atom. The molecule has 0 aliphatic carbocycles. The van der Waals surface area contributed by atoms with E-state index in [2.05, 4.69) is 5.10 Å². The van der Waals surface area contributed by atoms with Crippen LogP contribution in [0.4, 0.5) is 0 Å². The second-order valence-electron chi connectivity index (χ2n) is 5.62. The highest BCUT2D eigenvalue weighted by Gasteiger charge is 2.21. The summed E-state index contributed by atoms with van der Waals surface area (Å²) in [5.74, 6) is 0.890. The van der Waals surface area contributed by atoms with Gasteiger partial charge in [0, 0.05) is 24.7 Å². The number of ketones is 1. The molecule has 4 nitrogen and oxygen atoms in total. The Balaban J connectivity index is 1.93. The Morgan fingerprint density at radius 1 is 1.38 bits per heavy atom. The fraction of sp³-hybridized carbons (Fsp3) is 0.412. The molecule has 4 heteroatoms. The van der Waals surface area contributed by atoms with Crippen LogP contribution in [0.3, 0.4) is 0 Å². The maximum absolute atomic E-state index is 12.7. The number of rotatable bonds is 3. The molecule has 0 bridgehead atoms. The predicted molar refractivity (Wildman–Crippen MR) is 81.0 cm³/mol. The Kier molecular flexibility index (Phi) is 3.53. The molecule has 0 saturated heterocycles. The van der Waals surface area contributed by atoms with Gasteiger partial charge in [0.2, 0.25) is 0 Å². The van der Waals surface area contributed by atoms with Crippen LogP contribution in [0.1, 0.15) is 39.3 Å². The zero-order valence-corrected chi connectivity index (χ0v) is 12.8. The molecule has 0 radical (unpaired) electrons. The van der Waals surface area contributed by atoms with Crippen LogP contribution < -0.4 is 4.74 Å². The molecule has 2 heterocycles. The van der Waals surface area contributed by atoms with Crippen molar-refractivity contribution in [3.05, 3.63) is 46.3 Å². The van der Waals surface area contributed by atoms with Gasteiger partial charge in [0.1, 0.15) is 5.75 Å². The standard InChI is InChI=1S/C17H20N2O2/c1-11-15(12(2)19(3)18-11)10-16(20)14-8-4-6-13-7-5-9-21-17(13)14/h4,6,8H,5,7,9-10H2,1-3H3. The highest BCUT2D eigenvalue weighted by Crippen LogP contribution is 2.30. The van der Waals surface area contributed by atoms with E-state index in [0.29, 0.717) is 18.6 Å². The number of Topliss-reactive ketones (excluding diaryl/α,β-unsaturated/α-hetero) is 1. The van der Waals surface area contributed by atoms with Gasteiger partial charge in [0.25, 0.3) is 0 Å². The zero-order chi connectivity index (χ0) is 15.0. The summed E-state index contributed by atoms with van der Waals surface area (Å²) in [5.41, 5.74) is 4.85. The smallest absolute Gasteiger partial charge is 0.171 e. The minimum Gasteiger partial charge on any atom is -0.493 e. The second kappa shape index (κ2) is 5.35. The molecular weight excluding hydrogens is 264 g/mol. The number of carbonyl (C=O) groups is 1. The van der Waals surface area contributed by atoms with Gasteiger partial charge in [0.05, 0.1) is 17.9 Å². The van der Waals surface area contributed by atoms with Gasteiger partial charge in [-0.05, 0) is 38.3 Å². The van der Waals surface area contributed by atoms with Crippen molar-refractivity contribution in [1.29, 1.82) is 0 Å². The number of benzene rings is 1. The highest BCUT2D eigenvalue weighted by atomic mass is 16.5. The van der Waals surface area contributed by atoms with Crippen LogP contribution >= 0.6 is 0 Å². The van der Waals surface area contributed by atoms with Crippen molar-refractivity contribution in [2.24, 2.45) is 7.05 Å². The summed E-state index contributed by atoms with van der Waals surface area (Å²) < 4.78 is 7.57. The maximum atomic E-state index is 12.7. The van der Waals surface area contributed by atoms with E-state index in [9.17, 15) is 4.79 Å². The minimum atomic E-state index is 0.105. The first-order valence-electron chi connectivity index (χ1n) is 7.35. The Hall–Kier alpha value is -2.10. The molecule has 1 aliphatic heterocycles. The largest absolute Gasteiger partial charge is 0.493 e. The van der Waals surface area contributed by atoms with E-state index in [-0.39, 0.29) is 5.78 Å². The average molecular weight is 284 g/mol. The first kappa shape index (κ1) is 13.9. The molecule has 0 fully saturated rings. The summed E-state index contributed by atoms with van der Waals surface area (Å²) in [4.78, 5) is 12.7. The van der Waals surface area contributed by atoms with Crippen LogP contribution in [0.2, 0.25) is 0 Å². The lowest BCUT2D eigenvalue weighted by Crippen LogP contribution is -2.14. The van der Waals surface area contributed by atoms with Crippen LogP contribution in [0.15, 0.2) is 18.2 Å². The third-order valence-electron chi connectivity index (χ3n) is 4.23. The summed E-state index contributed by atoms with van der Waals surface area (Å²) in [5, 5.41) is 4.38. The van der Waals surface area contributed by atoms with Crippen molar-refractivity contribution in [3.8, 4) is 5.75 Å². The number of carbonyl (C=O) groups excluding carboxylic acids is 1. The molecule has 0 spiro atoms. The summed E-state index contributed by atoms with van der Waals surface area (Å²) in [6, 6.07) is 5.86. The number of fused-ring (bicyclic) bond motifs is 1. The van der Waals surface area contributed by atoms with Gasteiger partial charge in [0.15, 0.2) is 5.78 Å². The first-order valence-corrected chi connectivity index (χ1v) is 7.35. The summed E-state index contributed by atoms with van der Waals surface area (Å²) >= 11 is 0. The van der Waals surface area contributed by atoms with Crippen molar-refractivity contribution in [1.82, 2.24) is 9.78 Å². The fourth-order valence-corrected chi connectivity index (χ4v) is 2.94. The van der Waals surface area contributed by atoms with E-state index in [1.807, 2.05) is 43.8 Å². The van der Waals surface area contributed by atoms with Gasteiger partial charge < -0.3 is 4.74 Å².